The molecule has 116 valence electrons. The average molecular weight is 300 g/mol. The van der Waals surface area contributed by atoms with Gasteiger partial charge < -0.3 is 15.0 Å². The third kappa shape index (κ3) is 4.48. The number of carbonyl (C=O) groups is 2. The van der Waals surface area contributed by atoms with Crippen LogP contribution in [-0.2, 0) is 0 Å². The van der Waals surface area contributed by atoms with Gasteiger partial charge in [-0.1, -0.05) is 12.1 Å². The molecule has 0 saturated carbocycles. The average Bonchev–Trinajstić information content (AvgIpc) is 2.97. The number of ketones is 1. The molecule has 5 nitrogen and oxygen atoms in total. The Morgan fingerprint density at radius 2 is 2.09 bits per heavy atom. The van der Waals surface area contributed by atoms with Gasteiger partial charge in [-0.3, -0.25) is 9.59 Å². The van der Waals surface area contributed by atoms with Crippen LogP contribution in [0.3, 0.4) is 0 Å². The molecular weight excluding hydrogens is 280 g/mol. The van der Waals surface area contributed by atoms with Crippen LogP contribution in [0.5, 0.6) is 5.75 Å². The Hall–Kier alpha value is -2.56. The number of hydrogen-bond acceptors (Lipinski definition) is 3. The van der Waals surface area contributed by atoms with Crippen LogP contribution in [0.15, 0.2) is 36.5 Å². The van der Waals surface area contributed by atoms with Crippen molar-refractivity contribution in [2.24, 2.45) is 0 Å². The molecule has 0 atom stereocenters. The smallest absolute Gasteiger partial charge is 0.267 e. The van der Waals surface area contributed by atoms with Gasteiger partial charge in [-0.05, 0) is 44.0 Å². The first-order valence-electron chi connectivity index (χ1n) is 7.23. The second-order valence-corrected chi connectivity index (χ2v) is 5.13. The van der Waals surface area contributed by atoms with E-state index in [1.165, 1.54) is 13.1 Å². The van der Waals surface area contributed by atoms with Gasteiger partial charge in [0.1, 0.15) is 11.4 Å². The van der Waals surface area contributed by atoms with Gasteiger partial charge in [-0.15, -0.1) is 0 Å². The van der Waals surface area contributed by atoms with Crippen LogP contribution in [0.2, 0.25) is 0 Å². The number of hydrogen-bond donors (Lipinski definition) is 2. The Bertz CT molecular complexity index is 661. The van der Waals surface area contributed by atoms with Crippen molar-refractivity contribution in [3.63, 3.8) is 0 Å². The fourth-order valence-electron chi connectivity index (χ4n) is 1.99. The minimum atomic E-state index is -0.219. The molecule has 22 heavy (non-hydrogen) atoms. The molecule has 1 aromatic heterocycles. The number of benzene rings is 1. The monoisotopic (exact) mass is 300 g/mol. The predicted molar refractivity (Wildman–Crippen MR) is 84.4 cm³/mol. The molecule has 0 radical (unpaired) electrons. The van der Waals surface area contributed by atoms with Gasteiger partial charge in [0.25, 0.3) is 5.91 Å². The Labute approximate surface area is 129 Å². The predicted octanol–water partition coefficient (Wildman–Crippen LogP) is 2.72. The van der Waals surface area contributed by atoms with Crippen LogP contribution < -0.4 is 10.1 Å². The summed E-state index contributed by atoms with van der Waals surface area (Å²) in [4.78, 5) is 25.8. The molecule has 1 heterocycles. The van der Waals surface area contributed by atoms with Gasteiger partial charge in [-0.2, -0.15) is 0 Å². The van der Waals surface area contributed by atoms with Crippen molar-refractivity contribution in [3.05, 3.63) is 53.3 Å². The summed E-state index contributed by atoms with van der Waals surface area (Å²) < 4.78 is 5.61. The summed E-state index contributed by atoms with van der Waals surface area (Å²) in [5, 5.41) is 2.79. The van der Waals surface area contributed by atoms with E-state index in [9.17, 15) is 9.59 Å². The second kappa shape index (κ2) is 7.45. The largest absolute Gasteiger partial charge is 0.494 e. The molecule has 2 aromatic rings. The maximum Gasteiger partial charge on any atom is 0.267 e. The Morgan fingerprint density at radius 3 is 2.77 bits per heavy atom. The molecule has 2 N–H and O–H groups in total. The van der Waals surface area contributed by atoms with Crippen LogP contribution >= 0.6 is 0 Å². The zero-order valence-electron chi connectivity index (χ0n) is 12.8. The summed E-state index contributed by atoms with van der Waals surface area (Å²) in [7, 11) is 0. The van der Waals surface area contributed by atoms with E-state index in [-0.39, 0.29) is 11.7 Å². The first-order valence-corrected chi connectivity index (χ1v) is 7.23. The van der Waals surface area contributed by atoms with E-state index in [0.29, 0.717) is 30.8 Å². The van der Waals surface area contributed by atoms with Crippen molar-refractivity contribution in [1.29, 1.82) is 0 Å². The molecule has 1 aromatic carbocycles. The molecule has 0 saturated heterocycles. The van der Waals surface area contributed by atoms with Gasteiger partial charge in [0, 0.05) is 18.3 Å². The van der Waals surface area contributed by atoms with Crippen LogP contribution in [0, 0.1) is 6.92 Å². The molecule has 0 bridgehead atoms. The third-order valence-electron chi connectivity index (χ3n) is 3.20. The van der Waals surface area contributed by atoms with Crippen molar-refractivity contribution in [3.8, 4) is 5.75 Å². The summed E-state index contributed by atoms with van der Waals surface area (Å²) >= 11 is 0. The Kier molecular flexibility index (Phi) is 5.36. The van der Waals surface area contributed by atoms with Crippen molar-refractivity contribution < 1.29 is 14.3 Å². The third-order valence-corrected chi connectivity index (χ3v) is 3.20. The fraction of sp³-hybridized carbons (Fsp3) is 0.294. The molecule has 0 spiro atoms. The Balaban J connectivity index is 1.69. The summed E-state index contributed by atoms with van der Waals surface area (Å²) in [5.74, 6) is 0.548. The number of H-pyrrole nitrogens is 1. The molecule has 0 fully saturated rings. The first kappa shape index (κ1) is 15.8. The normalized spacial score (nSPS) is 10.3. The van der Waals surface area contributed by atoms with Crippen LogP contribution in [0.1, 0.15) is 39.8 Å². The highest BCUT2D eigenvalue weighted by Gasteiger charge is 2.09. The highest BCUT2D eigenvalue weighted by molar-refractivity contribution is 5.99. The molecule has 0 unspecified atom stereocenters. The van der Waals surface area contributed by atoms with Crippen molar-refractivity contribution >= 4 is 11.7 Å². The lowest BCUT2D eigenvalue weighted by Crippen LogP contribution is -2.25. The van der Waals surface area contributed by atoms with Gasteiger partial charge in [-0.25, -0.2) is 0 Å². The number of amides is 1. The van der Waals surface area contributed by atoms with Crippen molar-refractivity contribution in [1.82, 2.24) is 10.3 Å². The fourth-order valence-corrected chi connectivity index (χ4v) is 1.99. The number of rotatable bonds is 7. The lowest BCUT2D eigenvalue weighted by Gasteiger charge is -2.07. The zero-order valence-corrected chi connectivity index (χ0v) is 12.8. The molecule has 0 aliphatic heterocycles. The minimum Gasteiger partial charge on any atom is -0.494 e. The number of carbonyl (C=O) groups excluding carboxylic acids is 2. The Morgan fingerprint density at radius 1 is 1.27 bits per heavy atom. The quantitative estimate of drug-likeness (QED) is 0.610. The van der Waals surface area contributed by atoms with E-state index in [4.69, 9.17) is 4.74 Å². The highest BCUT2D eigenvalue weighted by atomic mass is 16.5. The molecule has 2 rings (SSSR count). The highest BCUT2D eigenvalue weighted by Crippen LogP contribution is 2.12. The molecule has 0 aliphatic rings. The van der Waals surface area contributed by atoms with Gasteiger partial charge in [0.2, 0.25) is 0 Å². The number of nitrogens with one attached hydrogen (secondary N) is 2. The number of ether oxygens (including phenoxy) is 1. The summed E-state index contributed by atoms with van der Waals surface area (Å²) in [5.41, 5.74) is 2.05. The summed E-state index contributed by atoms with van der Waals surface area (Å²) in [6.45, 7) is 4.53. The van der Waals surface area contributed by atoms with E-state index in [1.807, 2.05) is 31.2 Å². The number of aromatic nitrogens is 1. The van der Waals surface area contributed by atoms with E-state index >= 15 is 0 Å². The topological polar surface area (TPSA) is 71.2 Å². The van der Waals surface area contributed by atoms with Crippen LogP contribution in [-0.4, -0.2) is 29.8 Å². The van der Waals surface area contributed by atoms with E-state index in [2.05, 4.69) is 10.3 Å². The van der Waals surface area contributed by atoms with Gasteiger partial charge in [0.05, 0.1) is 6.61 Å². The van der Waals surface area contributed by atoms with Crippen LogP contribution in [0.25, 0.3) is 0 Å². The zero-order chi connectivity index (χ0) is 15.9. The first-order chi connectivity index (χ1) is 10.6. The SMILES string of the molecule is CC(=O)c1c[nH]c(C(=O)NCCCOc2cccc(C)c2)c1. The maximum absolute atomic E-state index is 11.9. The van der Waals surface area contributed by atoms with Crippen molar-refractivity contribution in [2.45, 2.75) is 20.3 Å². The minimum absolute atomic E-state index is 0.0677. The number of aromatic amines is 1. The molecule has 5 heteroatoms. The van der Waals surface area contributed by atoms with E-state index < -0.39 is 0 Å². The standard InChI is InChI=1S/C17H20N2O3/c1-12-5-3-6-15(9-12)22-8-4-7-18-17(21)16-10-14(11-19-16)13(2)20/h3,5-6,9-11,19H,4,7-8H2,1-2H3,(H,18,21). The van der Waals surface area contributed by atoms with Crippen molar-refractivity contribution in [2.75, 3.05) is 13.2 Å². The van der Waals surface area contributed by atoms with Gasteiger partial charge >= 0.3 is 0 Å². The summed E-state index contributed by atoms with van der Waals surface area (Å²) in [6.07, 6.45) is 2.25. The maximum atomic E-state index is 11.9. The molecule has 1 amide bonds. The van der Waals surface area contributed by atoms with E-state index in [1.54, 1.807) is 6.07 Å². The second-order valence-electron chi connectivity index (χ2n) is 5.13. The number of aryl methyl sites for hydroxylation is 1. The molecule has 0 aliphatic carbocycles. The lowest BCUT2D eigenvalue weighted by atomic mass is 10.2. The molecular formula is C17H20N2O3. The lowest BCUT2D eigenvalue weighted by molar-refractivity contribution is 0.0947. The summed E-state index contributed by atoms with van der Waals surface area (Å²) in [6, 6.07) is 9.40. The number of Topliss-reactive ketones (excluding diaryl/α,β-unsaturated/α-hetero) is 1. The van der Waals surface area contributed by atoms with Crippen LogP contribution in [0.4, 0.5) is 0 Å². The van der Waals surface area contributed by atoms with E-state index in [0.717, 1.165) is 11.3 Å². The van der Waals surface area contributed by atoms with Gasteiger partial charge in [0.15, 0.2) is 5.78 Å².